The van der Waals surface area contributed by atoms with Crippen LogP contribution in [0.4, 0.5) is 0 Å². The predicted molar refractivity (Wildman–Crippen MR) is 82.0 cm³/mol. The van der Waals surface area contributed by atoms with Crippen LogP contribution >= 0.6 is 0 Å². The topological polar surface area (TPSA) is 60.2 Å². The molecule has 21 heavy (non-hydrogen) atoms. The van der Waals surface area contributed by atoms with E-state index in [2.05, 4.69) is 21.5 Å². The van der Waals surface area contributed by atoms with E-state index >= 15 is 0 Å². The minimum absolute atomic E-state index is 0.545. The van der Waals surface area contributed by atoms with Gasteiger partial charge in [-0.25, -0.2) is 0 Å². The second-order valence-electron chi connectivity index (χ2n) is 5.38. The lowest BCUT2D eigenvalue weighted by atomic mass is 10.0. The van der Waals surface area contributed by atoms with Crippen molar-refractivity contribution in [3.63, 3.8) is 0 Å². The maximum absolute atomic E-state index is 5.66. The Balaban J connectivity index is 2.29. The van der Waals surface area contributed by atoms with Crippen molar-refractivity contribution in [2.45, 2.75) is 32.8 Å². The largest absolute Gasteiger partial charge is 0.368 e. The minimum Gasteiger partial charge on any atom is -0.368 e. The summed E-state index contributed by atoms with van der Waals surface area (Å²) in [7, 11) is 1.94. The SMILES string of the molecule is CCOC(C)(C)c1noc(-c2ccccc2CCNC)n1. The maximum atomic E-state index is 5.66. The Kier molecular flexibility index (Phi) is 5.09. The number of benzene rings is 1. The Bertz CT molecular complexity index is 578. The third kappa shape index (κ3) is 3.68. The number of hydrogen-bond donors (Lipinski definition) is 1. The molecule has 0 atom stereocenters. The smallest absolute Gasteiger partial charge is 0.258 e. The highest BCUT2D eigenvalue weighted by atomic mass is 16.5. The molecule has 1 aromatic heterocycles. The summed E-state index contributed by atoms with van der Waals surface area (Å²) in [6.07, 6.45) is 0.916. The lowest BCUT2D eigenvalue weighted by Gasteiger charge is -2.19. The molecule has 0 aliphatic rings. The second kappa shape index (κ2) is 6.83. The van der Waals surface area contributed by atoms with Crippen molar-refractivity contribution in [1.29, 1.82) is 0 Å². The van der Waals surface area contributed by atoms with E-state index in [1.807, 2.05) is 46.0 Å². The summed E-state index contributed by atoms with van der Waals surface area (Å²) in [5, 5.41) is 7.23. The summed E-state index contributed by atoms with van der Waals surface area (Å²) in [6.45, 7) is 7.35. The van der Waals surface area contributed by atoms with Crippen molar-refractivity contribution >= 4 is 0 Å². The molecule has 0 bridgehead atoms. The number of nitrogens with one attached hydrogen (secondary N) is 1. The second-order valence-corrected chi connectivity index (χ2v) is 5.38. The zero-order valence-corrected chi connectivity index (χ0v) is 13.1. The molecule has 0 amide bonds. The number of rotatable bonds is 7. The Labute approximate surface area is 125 Å². The van der Waals surface area contributed by atoms with Crippen LogP contribution in [0.1, 0.15) is 32.2 Å². The molecule has 1 heterocycles. The van der Waals surface area contributed by atoms with E-state index in [1.54, 1.807) is 0 Å². The summed E-state index contributed by atoms with van der Waals surface area (Å²) >= 11 is 0. The van der Waals surface area contributed by atoms with Gasteiger partial charge in [-0.3, -0.25) is 0 Å². The first-order valence-electron chi connectivity index (χ1n) is 7.29. The van der Waals surface area contributed by atoms with E-state index in [0.29, 0.717) is 18.3 Å². The molecule has 1 N–H and O–H groups in total. The molecule has 5 heteroatoms. The van der Waals surface area contributed by atoms with Crippen molar-refractivity contribution in [3.05, 3.63) is 35.7 Å². The molecule has 0 aliphatic heterocycles. The summed E-state index contributed by atoms with van der Waals surface area (Å²) in [5.41, 5.74) is 1.63. The molecule has 2 aromatic rings. The molecular weight excluding hydrogens is 266 g/mol. The lowest BCUT2D eigenvalue weighted by molar-refractivity contribution is -0.0221. The first kappa shape index (κ1) is 15.7. The molecule has 0 radical (unpaired) electrons. The predicted octanol–water partition coefficient (Wildman–Crippen LogP) is 2.77. The standard InChI is InChI=1S/C16H23N3O2/c1-5-20-16(2,3)15-18-14(21-19-15)13-9-7-6-8-12(13)10-11-17-4/h6-9,17H,5,10-11H2,1-4H3. The van der Waals surface area contributed by atoms with Crippen molar-refractivity contribution in [2.24, 2.45) is 0 Å². The average Bonchev–Trinajstić information content (AvgIpc) is 2.96. The van der Waals surface area contributed by atoms with Crippen molar-refractivity contribution in [2.75, 3.05) is 20.2 Å². The van der Waals surface area contributed by atoms with Crippen LogP contribution < -0.4 is 5.32 Å². The van der Waals surface area contributed by atoms with Gasteiger partial charge in [0.2, 0.25) is 5.82 Å². The highest BCUT2D eigenvalue weighted by Crippen LogP contribution is 2.27. The lowest BCUT2D eigenvalue weighted by Crippen LogP contribution is -2.23. The van der Waals surface area contributed by atoms with Crippen molar-refractivity contribution < 1.29 is 9.26 Å². The van der Waals surface area contributed by atoms with Gasteiger partial charge in [-0.2, -0.15) is 4.98 Å². The van der Waals surface area contributed by atoms with Crippen molar-refractivity contribution in [1.82, 2.24) is 15.5 Å². The summed E-state index contributed by atoms with van der Waals surface area (Å²) in [4.78, 5) is 4.52. The highest BCUT2D eigenvalue weighted by molar-refractivity contribution is 5.58. The van der Waals surface area contributed by atoms with Crippen LogP contribution in [0.3, 0.4) is 0 Å². The van der Waals surface area contributed by atoms with Gasteiger partial charge in [-0.15, -0.1) is 0 Å². The number of ether oxygens (including phenoxy) is 1. The van der Waals surface area contributed by atoms with E-state index < -0.39 is 5.60 Å². The van der Waals surface area contributed by atoms with Crippen LogP contribution in [0.15, 0.2) is 28.8 Å². The van der Waals surface area contributed by atoms with Gasteiger partial charge in [0.15, 0.2) is 0 Å². The molecular formula is C16H23N3O2. The number of likely N-dealkylation sites (N-methyl/N-ethyl adjacent to an activating group) is 1. The summed E-state index contributed by atoms with van der Waals surface area (Å²) < 4.78 is 11.1. The molecule has 0 fully saturated rings. The Morgan fingerprint density at radius 2 is 2.05 bits per heavy atom. The third-order valence-corrected chi connectivity index (χ3v) is 3.36. The number of aromatic nitrogens is 2. The molecule has 2 rings (SSSR count). The summed E-state index contributed by atoms with van der Waals surface area (Å²) in [5.74, 6) is 1.12. The molecule has 1 aromatic carbocycles. The van der Waals surface area contributed by atoms with Gasteiger partial charge in [0.25, 0.3) is 5.89 Å². The van der Waals surface area contributed by atoms with Gasteiger partial charge in [0.1, 0.15) is 5.60 Å². The summed E-state index contributed by atoms with van der Waals surface area (Å²) in [6, 6.07) is 8.10. The molecule has 0 saturated carbocycles. The highest BCUT2D eigenvalue weighted by Gasteiger charge is 2.27. The van der Waals surface area contributed by atoms with Crippen molar-refractivity contribution in [3.8, 4) is 11.5 Å². The van der Waals surface area contributed by atoms with E-state index in [0.717, 1.165) is 18.5 Å². The van der Waals surface area contributed by atoms with E-state index in [9.17, 15) is 0 Å². The zero-order chi connectivity index (χ0) is 15.3. The zero-order valence-electron chi connectivity index (χ0n) is 13.1. The molecule has 0 aliphatic carbocycles. The molecule has 0 unspecified atom stereocenters. The Morgan fingerprint density at radius 1 is 1.29 bits per heavy atom. The molecule has 5 nitrogen and oxygen atoms in total. The van der Waals surface area contributed by atoms with Gasteiger partial charge in [-0.1, -0.05) is 23.4 Å². The molecule has 0 saturated heterocycles. The quantitative estimate of drug-likeness (QED) is 0.849. The number of nitrogens with zero attached hydrogens (tertiary/aromatic N) is 2. The van der Waals surface area contributed by atoms with E-state index in [-0.39, 0.29) is 0 Å². The van der Waals surface area contributed by atoms with Gasteiger partial charge in [0, 0.05) is 12.2 Å². The fraction of sp³-hybridized carbons (Fsp3) is 0.500. The van der Waals surface area contributed by atoms with Crippen LogP contribution in [0, 0.1) is 0 Å². The third-order valence-electron chi connectivity index (χ3n) is 3.36. The fourth-order valence-electron chi connectivity index (χ4n) is 2.21. The number of hydrogen-bond acceptors (Lipinski definition) is 5. The first-order chi connectivity index (χ1) is 10.1. The van der Waals surface area contributed by atoms with E-state index in [4.69, 9.17) is 9.26 Å². The van der Waals surface area contributed by atoms with Gasteiger partial charge in [0.05, 0.1) is 0 Å². The molecule has 0 spiro atoms. The van der Waals surface area contributed by atoms with Gasteiger partial charge < -0.3 is 14.6 Å². The van der Waals surface area contributed by atoms with Gasteiger partial charge in [-0.05, 0) is 52.4 Å². The Morgan fingerprint density at radius 3 is 2.76 bits per heavy atom. The van der Waals surface area contributed by atoms with Gasteiger partial charge >= 0.3 is 0 Å². The monoisotopic (exact) mass is 289 g/mol. The fourth-order valence-corrected chi connectivity index (χ4v) is 2.21. The first-order valence-corrected chi connectivity index (χ1v) is 7.29. The minimum atomic E-state index is -0.545. The molecule has 114 valence electrons. The van der Waals surface area contributed by atoms with Crippen LogP contribution in [0.5, 0.6) is 0 Å². The maximum Gasteiger partial charge on any atom is 0.258 e. The van der Waals surface area contributed by atoms with E-state index in [1.165, 1.54) is 5.56 Å². The van der Waals surface area contributed by atoms with Crippen LogP contribution in [0.25, 0.3) is 11.5 Å². The van der Waals surface area contributed by atoms with Crippen LogP contribution in [-0.2, 0) is 16.8 Å². The average molecular weight is 289 g/mol. The van der Waals surface area contributed by atoms with Crippen LogP contribution in [-0.4, -0.2) is 30.3 Å². The Hall–Kier alpha value is -1.72. The van der Waals surface area contributed by atoms with Crippen LogP contribution in [0.2, 0.25) is 0 Å². The normalized spacial score (nSPS) is 11.8.